The second kappa shape index (κ2) is 7.97. The number of nitrogens with two attached hydrogens (primary N) is 1. The average Bonchev–Trinajstić information content (AvgIpc) is 2.74. The first-order valence-electron chi connectivity index (χ1n) is 7.75. The topological polar surface area (TPSA) is 72.2 Å². The van der Waals surface area contributed by atoms with Crippen molar-refractivity contribution in [2.75, 3.05) is 12.3 Å². The molecule has 2 saturated carbocycles. The standard InChI is InChI=1S/C14H28N2O2S.ClH/c15-14(9-5-1-2-6-10-14)12-16-19(17,18)11-13-7-3-4-8-13;/h13,16H,1-12,15H2;1H. The third-order valence-corrected chi connectivity index (χ3v) is 6.17. The lowest BCUT2D eigenvalue weighted by Crippen LogP contribution is -2.50. The van der Waals surface area contributed by atoms with Crippen molar-refractivity contribution < 1.29 is 8.42 Å². The molecule has 0 atom stereocenters. The summed E-state index contributed by atoms with van der Waals surface area (Å²) in [5, 5.41) is 0. The van der Waals surface area contributed by atoms with Crippen molar-refractivity contribution in [3.63, 3.8) is 0 Å². The van der Waals surface area contributed by atoms with Crippen LogP contribution in [-0.4, -0.2) is 26.3 Å². The van der Waals surface area contributed by atoms with Gasteiger partial charge in [-0.1, -0.05) is 38.5 Å². The van der Waals surface area contributed by atoms with Crippen molar-refractivity contribution in [1.29, 1.82) is 0 Å². The van der Waals surface area contributed by atoms with Crippen LogP contribution in [0.15, 0.2) is 0 Å². The highest BCUT2D eigenvalue weighted by molar-refractivity contribution is 7.89. The average molecular weight is 325 g/mol. The summed E-state index contributed by atoms with van der Waals surface area (Å²) < 4.78 is 27.0. The zero-order valence-electron chi connectivity index (χ0n) is 12.3. The molecule has 4 nitrogen and oxygen atoms in total. The molecular formula is C14H29ClN2O2S. The first-order chi connectivity index (χ1) is 8.99. The highest BCUT2D eigenvalue weighted by Gasteiger charge is 2.29. The summed E-state index contributed by atoms with van der Waals surface area (Å²) in [5.41, 5.74) is 6.03. The first-order valence-corrected chi connectivity index (χ1v) is 9.41. The van der Waals surface area contributed by atoms with Gasteiger partial charge in [0.15, 0.2) is 0 Å². The van der Waals surface area contributed by atoms with Crippen LogP contribution >= 0.6 is 12.4 Å². The molecule has 0 heterocycles. The van der Waals surface area contributed by atoms with Gasteiger partial charge in [-0.25, -0.2) is 13.1 Å². The highest BCUT2D eigenvalue weighted by atomic mass is 35.5. The van der Waals surface area contributed by atoms with Gasteiger partial charge in [0.2, 0.25) is 10.0 Å². The van der Waals surface area contributed by atoms with Gasteiger partial charge in [0.05, 0.1) is 5.75 Å². The summed E-state index contributed by atoms with van der Waals surface area (Å²) >= 11 is 0. The van der Waals surface area contributed by atoms with Crippen molar-refractivity contribution in [3.8, 4) is 0 Å². The van der Waals surface area contributed by atoms with Crippen LogP contribution in [0.5, 0.6) is 0 Å². The second-order valence-corrected chi connectivity index (χ2v) is 8.38. The van der Waals surface area contributed by atoms with Crippen LogP contribution in [-0.2, 0) is 10.0 Å². The molecule has 6 heteroatoms. The van der Waals surface area contributed by atoms with Gasteiger partial charge in [-0.05, 0) is 31.6 Å². The zero-order chi connectivity index (χ0) is 13.8. The minimum Gasteiger partial charge on any atom is -0.324 e. The summed E-state index contributed by atoms with van der Waals surface area (Å²) in [7, 11) is -3.14. The molecule has 2 fully saturated rings. The number of hydrogen-bond acceptors (Lipinski definition) is 3. The van der Waals surface area contributed by atoms with Crippen LogP contribution in [0.2, 0.25) is 0 Å². The van der Waals surface area contributed by atoms with Gasteiger partial charge in [0.1, 0.15) is 0 Å². The molecule has 0 amide bonds. The number of nitrogens with one attached hydrogen (secondary N) is 1. The number of rotatable bonds is 5. The van der Waals surface area contributed by atoms with Gasteiger partial charge in [-0.2, -0.15) is 0 Å². The maximum absolute atomic E-state index is 12.1. The summed E-state index contributed by atoms with van der Waals surface area (Å²) in [6, 6.07) is 0. The minimum atomic E-state index is -3.14. The van der Waals surface area contributed by atoms with E-state index in [1.165, 1.54) is 25.7 Å². The molecule has 0 aromatic rings. The van der Waals surface area contributed by atoms with Crippen molar-refractivity contribution in [2.24, 2.45) is 11.7 Å². The number of halogens is 1. The van der Waals surface area contributed by atoms with Crippen LogP contribution in [0.3, 0.4) is 0 Å². The molecule has 0 bridgehead atoms. The van der Waals surface area contributed by atoms with E-state index >= 15 is 0 Å². The summed E-state index contributed by atoms with van der Waals surface area (Å²) in [6.45, 7) is 0.419. The zero-order valence-corrected chi connectivity index (χ0v) is 13.9. The lowest BCUT2D eigenvalue weighted by Gasteiger charge is -2.28. The van der Waals surface area contributed by atoms with Crippen molar-refractivity contribution in [3.05, 3.63) is 0 Å². The summed E-state index contributed by atoms with van der Waals surface area (Å²) in [5.74, 6) is 0.656. The smallest absolute Gasteiger partial charge is 0.211 e. The molecule has 20 heavy (non-hydrogen) atoms. The van der Waals surface area contributed by atoms with Crippen molar-refractivity contribution in [1.82, 2.24) is 4.72 Å². The summed E-state index contributed by atoms with van der Waals surface area (Å²) in [6.07, 6.45) is 11.1. The molecule has 0 aliphatic heterocycles. The Morgan fingerprint density at radius 2 is 1.55 bits per heavy atom. The predicted molar refractivity (Wildman–Crippen MR) is 85.6 cm³/mol. The Kier molecular flexibility index (Phi) is 7.25. The monoisotopic (exact) mass is 324 g/mol. The van der Waals surface area contributed by atoms with Crippen LogP contribution in [0.25, 0.3) is 0 Å². The molecule has 0 radical (unpaired) electrons. The minimum absolute atomic E-state index is 0. The van der Waals surface area contributed by atoms with Crippen molar-refractivity contribution in [2.45, 2.75) is 69.7 Å². The Morgan fingerprint density at radius 3 is 2.10 bits per heavy atom. The fraction of sp³-hybridized carbons (Fsp3) is 1.00. The van der Waals surface area contributed by atoms with Gasteiger partial charge in [-0.3, -0.25) is 0 Å². The first kappa shape index (κ1) is 18.2. The van der Waals surface area contributed by atoms with E-state index in [1.807, 2.05) is 0 Å². The lowest BCUT2D eigenvalue weighted by molar-refractivity contribution is 0.368. The molecule has 0 saturated heterocycles. The fourth-order valence-corrected chi connectivity index (χ4v) is 4.99. The molecule has 0 aromatic heterocycles. The molecule has 2 aliphatic carbocycles. The quantitative estimate of drug-likeness (QED) is 0.763. The lowest BCUT2D eigenvalue weighted by atomic mass is 9.92. The second-order valence-electron chi connectivity index (χ2n) is 6.53. The normalized spacial score (nSPS) is 24.1. The van der Waals surface area contributed by atoms with Crippen LogP contribution in [0.4, 0.5) is 0 Å². The van der Waals surface area contributed by atoms with Gasteiger partial charge in [0, 0.05) is 12.1 Å². The molecule has 0 spiro atoms. The van der Waals surface area contributed by atoms with E-state index in [-0.39, 0.29) is 17.9 Å². The molecule has 120 valence electrons. The molecule has 0 aromatic carbocycles. The van der Waals surface area contributed by atoms with Crippen LogP contribution in [0.1, 0.15) is 64.2 Å². The molecule has 2 rings (SSSR count). The van der Waals surface area contributed by atoms with E-state index in [9.17, 15) is 8.42 Å². The van der Waals surface area contributed by atoms with Gasteiger partial charge in [0.25, 0.3) is 0 Å². The Balaban J connectivity index is 0.00000200. The maximum atomic E-state index is 12.1. The Hall–Kier alpha value is 0.160. The van der Waals surface area contributed by atoms with Gasteiger partial charge in [-0.15, -0.1) is 12.4 Å². The Labute approximate surface area is 129 Å². The van der Waals surface area contributed by atoms with E-state index in [2.05, 4.69) is 4.72 Å². The van der Waals surface area contributed by atoms with Crippen molar-refractivity contribution >= 4 is 22.4 Å². The molecule has 0 unspecified atom stereocenters. The van der Waals surface area contributed by atoms with E-state index in [1.54, 1.807) is 0 Å². The van der Waals surface area contributed by atoms with Crippen LogP contribution < -0.4 is 10.5 Å². The fourth-order valence-electron chi connectivity index (χ4n) is 3.41. The number of hydrogen-bond donors (Lipinski definition) is 2. The maximum Gasteiger partial charge on any atom is 0.211 e. The third kappa shape index (κ3) is 5.88. The predicted octanol–water partition coefficient (Wildman–Crippen LogP) is 2.57. The van der Waals surface area contributed by atoms with Gasteiger partial charge < -0.3 is 5.73 Å². The van der Waals surface area contributed by atoms with Crippen LogP contribution in [0, 0.1) is 5.92 Å². The highest BCUT2D eigenvalue weighted by Crippen LogP contribution is 2.27. The van der Waals surface area contributed by atoms with E-state index in [0.29, 0.717) is 18.2 Å². The molecular weight excluding hydrogens is 296 g/mol. The Bertz CT molecular complexity index is 373. The van der Waals surface area contributed by atoms with Gasteiger partial charge >= 0.3 is 0 Å². The Morgan fingerprint density at radius 1 is 1.00 bits per heavy atom. The van der Waals surface area contributed by atoms with E-state index in [4.69, 9.17) is 5.73 Å². The van der Waals surface area contributed by atoms with E-state index < -0.39 is 10.0 Å². The largest absolute Gasteiger partial charge is 0.324 e. The SMILES string of the molecule is Cl.NC1(CNS(=O)(=O)CC2CCCC2)CCCCCC1. The number of sulfonamides is 1. The third-order valence-electron chi connectivity index (χ3n) is 4.67. The molecule has 3 N–H and O–H groups in total. The molecule has 2 aliphatic rings. The van der Waals surface area contributed by atoms with E-state index in [0.717, 1.165) is 38.5 Å². The summed E-state index contributed by atoms with van der Waals surface area (Å²) in [4.78, 5) is 0.